The lowest BCUT2D eigenvalue weighted by atomic mass is 10.2. The van der Waals surface area contributed by atoms with Crippen LogP contribution in [0.3, 0.4) is 0 Å². The molecule has 0 aliphatic carbocycles. The second kappa shape index (κ2) is 7.30. The normalized spacial score (nSPS) is 10.2. The van der Waals surface area contributed by atoms with E-state index in [1.165, 1.54) is 12.1 Å². The molecule has 0 atom stereocenters. The number of hydrogen-bond acceptors (Lipinski definition) is 4. The number of nitrogens with zero attached hydrogens (tertiary/aromatic N) is 1. The number of amides is 1. The molecule has 0 saturated carbocycles. The van der Waals surface area contributed by atoms with Gasteiger partial charge in [0.1, 0.15) is 0 Å². The average molecular weight is 355 g/mol. The Kier molecular flexibility index (Phi) is 5.41. The van der Waals surface area contributed by atoms with Crippen molar-refractivity contribution in [1.29, 1.82) is 0 Å². The zero-order valence-corrected chi connectivity index (χ0v) is 13.5. The molecule has 8 heteroatoms. The van der Waals surface area contributed by atoms with Crippen LogP contribution in [0.25, 0.3) is 0 Å². The Balaban J connectivity index is 2.05. The molecule has 0 aliphatic rings. The lowest BCUT2D eigenvalue weighted by Gasteiger charge is -2.10. The summed E-state index contributed by atoms with van der Waals surface area (Å²) in [6.07, 6.45) is 0. The van der Waals surface area contributed by atoms with Crippen LogP contribution in [0, 0.1) is 17.0 Å². The van der Waals surface area contributed by atoms with Crippen molar-refractivity contribution in [3.8, 4) is 5.75 Å². The van der Waals surface area contributed by atoms with Gasteiger partial charge in [-0.3, -0.25) is 14.9 Å². The van der Waals surface area contributed by atoms with Gasteiger partial charge in [-0.15, -0.1) is 0 Å². The van der Waals surface area contributed by atoms with E-state index in [9.17, 15) is 14.9 Å². The summed E-state index contributed by atoms with van der Waals surface area (Å²) < 4.78 is 5.21. The first-order valence-corrected chi connectivity index (χ1v) is 7.26. The van der Waals surface area contributed by atoms with Crippen LogP contribution in [0.4, 0.5) is 11.4 Å². The molecule has 0 fully saturated rings. The third-order valence-corrected chi connectivity index (χ3v) is 3.66. The fraction of sp³-hybridized carbons (Fsp3) is 0.133. The van der Waals surface area contributed by atoms with Gasteiger partial charge in [-0.1, -0.05) is 29.3 Å². The highest BCUT2D eigenvalue weighted by Crippen LogP contribution is 2.30. The molecule has 0 unspecified atom stereocenters. The molecule has 0 heterocycles. The molecule has 0 aliphatic heterocycles. The number of nitrogens with one attached hydrogen (secondary N) is 1. The van der Waals surface area contributed by atoms with E-state index in [1.54, 1.807) is 25.1 Å². The number of halogens is 2. The highest BCUT2D eigenvalue weighted by atomic mass is 35.5. The van der Waals surface area contributed by atoms with Crippen LogP contribution in [0.2, 0.25) is 10.0 Å². The lowest BCUT2D eigenvalue weighted by Crippen LogP contribution is -2.21. The van der Waals surface area contributed by atoms with Crippen molar-refractivity contribution in [2.45, 2.75) is 6.92 Å². The Morgan fingerprint density at radius 2 is 2.04 bits per heavy atom. The van der Waals surface area contributed by atoms with Crippen molar-refractivity contribution >= 4 is 40.5 Å². The molecule has 0 aromatic heterocycles. The molecular weight excluding hydrogens is 343 g/mol. The fourth-order valence-electron chi connectivity index (χ4n) is 1.83. The molecular formula is C15H12Cl2N2O4. The highest BCUT2D eigenvalue weighted by molar-refractivity contribution is 6.31. The zero-order valence-electron chi connectivity index (χ0n) is 12.0. The van der Waals surface area contributed by atoms with E-state index in [4.69, 9.17) is 27.9 Å². The van der Waals surface area contributed by atoms with E-state index in [0.29, 0.717) is 10.7 Å². The third kappa shape index (κ3) is 4.34. The van der Waals surface area contributed by atoms with E-state index in [1.807, 2.05) is 0 Å². The van der Waals surface area contributed by atoms with Crippen LogP contribution in [0.15, 0.2) is 36.4 Å². The minimum absolute atomic E-state index is 0.0302. The minimum Gasteiger partial charge on any atom is -0.477 e. The maximum Gasteiger partial charge on any atom is 0.312 e. The van der Waals surface area contributed by atoms with Crippen molar-refractivity contribution < 1.29 is 14.5 Å². The number of ether oxygens (including phenoxy) is 1. The molecule has 0 spiro atoms. The van der Waals surface area contributed by atoms with E-state index in [-0.39, 0.29) is 23.1 Å². The van der Waals surface area contributed by atoms with Gasteiger partial charge in [0.2, 0.25) is 0 Å². The number of rotatable bonds is 5. The Labute approximate surface area is 142 Å². The van der Waals surface area contributed by atoms with Crippen LogP contribution in [-0.2, 0) is 4.79 Å². The third-order valence-electron chi connectivity index (χ3n) is 3.02. The van der Waals surface area contributed by atoms with Gasteiger partial charge in [-0.05, 0) is 36.8 Å². The predicted octanol–water partition coefficient (Wildman–Crippen LogP) is 4.23. The minimum atomic E-state index is -0.625. The Morgan fingerprint density at radius 1 is 1.30 bits per heavy atom. The summed E-state index contributed by atoms with van der Waals surface area (Å²) in [6.45, 7) is 1.39. The summed E-state index contributed by atoms with van der Waals surface area (Å²) in [4.78, 5) is 22.2. The Morgan fingerprint density at radius 3 is 2.74 bits per heavy atom. The van der Waals surface area contributed by atoms with Crippen molar-refractivity contribution in [2.75, 3.05) is 11.9 Å². The lowest BCUT2D eigenvalue weighted by molar-refractivity contribution is -0.385. The monoisotopic (exact) mass is 354 g/mol. The first kappa shape index (κ1) is 17.1. The van der Waals surface area contributed by atoms with Crippen molar-refractivity contribution in [1.82, 2.24) is 0 Å². The van der Waals surface area contributed by atoms with Crippen LogP contribution in [0.1, 0.15) is 5.56 Å². The molecule has 2 rings (SSSR count). The standard InChI is InChI=1S/C15H12Cl2N2O4/c1-9-11(17)3-2-4-12(9)18-15(20)8-23-14-6-5-10(16)7-13(14)19(21)22/h2-7H,8H2,1H3,(H,18,20). The Hall–Kier alpha value is -2.31. The molecule has 0 saturated heterocycles. The molecule has 0 radical (unpaired) electrons. The van der Waals surface area contributed by atoms with Gasteiger partial charge in [0.25, 0.3) is 5.91 Å². The van der Waals surface area contributed by atoms with Gasteiger partial charge >= 0.3 is 5.69 Å². The molecule has 6 nitrogen and oxygen atoms in total. The van der Waals surface area contributed by atoms with Crippen LogP contribution >= 0.6 is 23.2 Å². The van der Waals surface area contributed by atoms with Gasteiger partial charge < -0.3 is 10.1 Å². The van der Waals surface area contributed by atoms with Crippen LogP contribution in [0.5, 0.6) is 5.75 Å². The summed E-state index contributed by atoms with van der Waals surface area (Å²) in [5.41, 5.74) is 0.973. The SMILES string of the molecule is Cc1c(Cl)cccc1NC(=O)COc1ccc(Cl)cc1[N+](=O)[O-]. The number of hydrogen-bond donors (Lipinski definition) is 1. The number of nitro benzene ring substituents is 1. The maximum absolute atomic E-state index is 11.9. The molecule has 2 aromatic carbocycles. The summed E-state index contributed by atoms with van der Waals surface area (Å²) in [5, 5.41) is 14.3. The number of nitro groups is 1. The van der Waals surface area contributed by atoms with Gasteiger partial charge in [0.15, 0.2) is 12.4 Å². The summed E-state index contributed by atoms with van der Waals surface area (Å²) in [7, 11) is 0. The number of carbonyl (C=O) groups excluding carboxylic acids is 1. The topological polar surface area (TPSA) is 81.5 Å². The number of anilines is 1. The Bertz CT molecular complexity index is 765. The summed E-state index contributed by atoms with van der Waals surface area (Å²) in [6, 6.07) is 9.07. The second-order valence-corrected chi connectivity index (χ2v) is 5.46. The predicted molar refractivity (Wildman–Crippen MR) is 88.4 cm³/mol. The second-order valence-electron chi connectivity index (χ2n) is 4.62. The molecule has 1 amide bonds. The smallest absolute Gasteiger partial charge is 0.312 e. The van der Waals surface area contributed by atoms with E-state index >= 15 is 0 Å². The van der Waals surface area contributed by atoms with Gasteiger partial charge in [0.05, 0.1) is 4.92 Å². The fourth-order valence-corrected chi connectivity index (χ4v) is 2.17. The highest BCUT2D eigenvalue weighted by Gasteiger charge is 2.17. The van der Waals surface area contributed by atoms with Crippen molar-refractivity contribution in [3.63, 3.8) is 0 Å². The van der Waals surface area contributed by atoms with E-state index < -0.39 is 10.8 Å². The summed E-state index contributed by atoms with van der Waals surface area (Å²) >= 11 is 11.7. The molecule has 0 bridgehead atoms. The quantitative estimate of drug-likeness (QED) is 0.643. The van der Waals surface area contributed by atoms with Crippen molar-refractivity contribution in [2.24, 2.45) is 0 Å². The van der Waals surface area contributed by atoms with Gasteiger partial charge in [0, 0.05) is 21.8 Å². The van der Waals surface area contributed by atoms with Crippen LogP contribution in [-0.4, -0.2) is 17.4 Å². The zero-order chi connectivity index (χ0) is 17.0. The average Bonchev–Trinajstić information content (AvgIpc) is 2.50. The van der Waals surface area contributed by atoms with E-state index in [0.717, 1.165) is 11.6 Å². The first-order valence-electron chi connectivity index (χ1n) is 6.50. The van der Waals surface area contributed by atoms with E-state index in [2.05, 4.69) is 5.32 Å². The van der Waals surface area contributed by atoms with Gasteiger partial charge in [-0.25, -0.2) is 0 Å². The molecule has 23 heavy (non-hydrogen) atoms. The largest absolute Gasteiger partial charge is 0.477 e. The molecule has 2 aromatic rings. The molecule has 120 valence electrons. The van der Waals surface area contributed by atoms with Crippen molar-refractivity contribution in [3.05, 3.63) is 62.1 Å². The summed E-state index contributed by atoms with van der Waals surface area (Å²) in [5.74, 6) is -0.489. The van der Waals surface area contributed by atoms with Gasteiger partial charge in [-0.2, -0.15) is 0 Å². The molecule has 1 N–H and O–H groups in total. The number of carbonyl (C=O) groups is 1. The number of benzene rings is 2. The first-order chi connectivity index (χ1) is 10.9. The van der Waals surface area contributed by atoms with Crippen LogP contribution < -0.4 is 10.1 Å². The maximum atomic E-state index is 11.9.